The van der Waals surface area contributed by atoms with Crippen LogP contribution in [0.4, 0.5) is 0 Å². The Morgan fingerprint density at radius 1 is 1.06 bits per heavy atom. The van der Waals surface area contributed by atoms with E-state index in [9.17, 15) is 4.79 Å². The molecule has 4 rings (SSSR count). The van der Waals surface area contributed by atoms with E-state index in [1.54, 1.807) is 0 Å². The van der Waals surface area contributed by atoms with E-state index < -0.39 is 0 Å². The molecule has 0 aliphatic carbocycles. The smallest absolute Gasteiger partial charge is 0.231 e. The predicted octanol–water partition coefficient (Wildman–Crippen LogP) is 2.92. The van der Waals surface area contributed by atoms with Crippen molar-refractivity contribution in [2.75, 3.05) is 38.6 Å². The molecule has 1 unspecified atom stereocenters. The summed E-state index contributed by atoms with van der Waals surface area (Å²) in [6.07, 6.45) is 0. The number of benzene rings is 2. The summed E-state index contributed by atoms with van der Waals surface area (Å²) in [7, 11) is 0. The summed E-state index contributed by atoms with van der Waals surface area (Å²) in [4.78, 5) is 15.2. The van der Waals surface area contributed by atoms with Crippen LogP contribution in [-0.2, 0) is 16.1 Å². The lowest BCUT2D eigenvalue weighted by Crippen LogP contribution is -2.43. The number of nitrogens with zero attached hydrogens (tertiary/aromatic N) is 4. The van der Waals surface area contributed by atoms with E-state index in [2.05, 4.69) is 49.2 Å². The van der Waals surface area contributed by atoms with E-state index in [0.717, 1.165) is 49.4 Å². The van der Waals surface area contributed by atoms with Crippen molar-refractivity contribution in [3.05, 3.63) is 77.6 Å². The van der Waals surface area contributed by atoms with Gasteiger partial charge < -0.3 is 14.6 Å². The Labute approximate surface area is 193 Å². The number of hydrogen-bond acceptors (Lipinski definition) is 6. The standard InChI is InChI=1S/C24H29N5O2S/c1-19-26-27-24(29(19)16-20-8-4-2-5-9-20)32-18-23(30)25-22(21-10-6-3-7-11-21)17-28-12-14-31-15-13-28/h2-11,22H,12-18H2,1H3,(H,25,30). The molecule has 32 heavy (non-hydrogen) atoms. The van der Waals surface area contributed by atoms with Crippen molar-refractivity contribution in [3.63, 3.8) is 0 Å². The predicted molar refractivity (Wildman–Crippen MR) is 126 cm³/mol. The number of thioether (sulfide) groups is 1. The van der Waals surface area contributed by atoms with Crippen LogP contribution in [0.15, 0.2) is 65.8 Å². The highest BCUT2D eigenvalue weighted by molar-refractivity contribution is 7.99. The highest BCUT2D eigenvalue weighted by Gasteiger charge is 2.21. The summed E-state index contributed by atoms with van der Waals surface area (Å²) in [5, 5.41) is 12.5. The van der Waals surface area contributed by atoms with Crippen LogP contribution in [0.3, 0.4) is 0 Å². The normalized spacial score (nSPS) is 15.4. The molecule has 1 aliphatic rings. The minimum atomic E-state index is -0.0636. The molecule has 1 saturated heterocycles. The monoisotopic (exact) mass is 451 g/mol. The van der Waals surface area contributed by atoms with Crippen LogP contribution in [-0.4, -0.2) is 64.2 Å². The summed E-state index contributed by atoms with van der Waals surface area (Å²) in [5.74, 6) is 1.12. The Kier molecular flexibility index (Phi) is 7.92. The third kappa shape index (κ3) is 6.18. The van der Waals surface area contributed by atoms with E-state index in [4.69, 9.17) is 4.74 Å². The molecule has 1 N–H and O–H groups in total. The Morgan fingerprint density at radius 3 is 2.47 bits per heavy atom. The number of ether oxygens (including phenoxy) is 1. The van der Waals surface area contributed by atoms with Crippen molar-refractivity contribution in [2.24, 2.45) is 0 Å². The molecule has 3 aromatic rings. The number of aryl methyl sites for hydroxylation is 1. The zero-order valence-electron chi connectivity index (χ0n) is 18.3. The lowest BCUT2D eigenvalue weighted by molar-refractivity contribution is -0.119. The molecule has 7 nitrogen and oxygen atoms in total. The van der Waals surface area contributed by atoms with Crippen molar-refractivity contribution in [2.45, 2.75) is 24.7 Å². The molecule has 2 aromatic carbocycles. The van der Waals surface area contributed by atoms with E-state index >= 15 is 0 Å². The molecule has 8 heteroatoms. The molecular weight excluding hydrogens is 422 g/mol. The molecule has 0 saturated carbocycles. The highest BCUT2D eigenvalue weighted by Crippen LogP contribution is 2.20. The molecule has 1 aromatic heterocycles. The Morgan fingerprint density at radius 2 is 1.75 bits per heavy atom. The number of nitrogens with one attached hydrogen (secondary N) is 1. The van der Waals surface area contributed by atoms with Gasteiger partial charge in [0.2, 0.25) is 5.91 Å². The van der Waals surface area contributed by atoms with Gasteiger partial charge in [0.25, 0.3) is 0 Å². The zero-order chi connectivity index (χ0) is 22.2. The molecule has 2 heterocycles. The maximum absolute atomic E-state index is 12.9. The van der Waals surface area contributed by atoms with Crippen molar-refractivity contribution < 1.29 is 9.53 Å². The Bertz CT molecular complexity index is 990. The minimum absolute atomic E-state index is 0.0102. The van der Waals surface area contributed by atoms with Crippen LogP contribution in [0.25, 0.3) is 0 Å². The average Bonchev–Trinajstić information content (AvgIpc) is 3.18. The van der Waals surface area contributed by atoms with Gasteiger partial charge in [-0.1, -0.05) is 72.4 Å². The summed E-state index contributed by atoms with van der Waals surface area (Å²) < 4.78 is 7.52. The SMILES string of the molecule is Cc1nnc(SCC(=O)NC(CN2CCOCC2)c2ccccc2)n1Cc1ccccc1. The Hall–Kier alpha value is -2.68. The zero-order valence-corrected chi connectivity index (χ0v) is 19.1. The number of hydrogen-bond donors (Lipinski definition) is 1. The van der Waals surface area contributed by atoms with Crippen LogP contribution in [0.5, 0.6) is 0 Å². The van der Waals surface area contributed by atoms with Crippen LogP contribution >= 0.6 is 11.8 Å². The largest absolute Gasteiger partial charge is 0.379 e. The van der Waals surface area contributed by atoms with Crippen molar-refractivity contribution in [1.29, 1.82) is 0 Å². The fourth-order valence-corrected chi connectivity index (χ4v) is 4.54. The number of amides is 1. The molecule has 168 valence electrons. The van der Waals surface area contributed by atoms with Gasteiger partial charge in [-0.2, -0.15) is 0 Å². The third-order valence-corrected chi connectivity index (χ3v) is 6.47. The second-order valence-electron chi connectivity index (χ2n) is 7.83. The highest BCUT2D eigenvalue weighted by atomic mass is 32.2. The van der Waals surface area contributed by atoms with E-state index in [1.165, 1.54) is 17.3 Å². The summed E-state index contributed by atoms with van der Waals surface area (Å²) >= 11 is 1.42. The average molecular weight is 452 g/mol. The van der Waals surface area contributed by atoms with Gasteiger partial charge in [0.05, 0.1) is 31.6 Å². The van der Waals surface area contributed by atoms with Crippen LogP contribution in [0.1, 0.15) is 23.0 Å². The molecule has 0 spiro atoms. The first-order valence-corrected chi connectivity index (χ1v) is 11.9. The van der Waals surface area contributed by atoms with Crippen molar-refractivity contribution >= 4 is 17.7 Å². The maximum Gasteiger partial charge on any atom is 0.231 e. The van der Waals surface area contributed by atoms with E-state index in [-0.39, 0.29) is 11.9 Å². The second-order valence-corrected chi connectivity index (χ2v) is 8.78. The Balaban J connectivity index is 1.38. The quantitative estimate of drug-likeness (QED) is 0.505. The van der Waals surface area contributed by atoms with Crippen molar-refractivity contribution in [1.82, 2.24) is 25.0 Å². The summed E-state index contributed by atoms with van der Waals surface area (Å²) in [6.45, 7) is 6.64. The molecular formula is C24H29N5O2S. The van der Waals surface area contributed by atoms with Gasteiger partial charge >= 0.3 is 0 Å². The topological polar surface area (TPSA) is 72.3 Å². The molecule has 1 aliphatic heterocycles. The van der Waals surface area contributed by atoms with Gasteiger partial charge in [0.1, 0.15) is 5.82 Å². The molecule has 0 bridgehead atoms. The van der Waals surface area contributed by atoms with Crippen LogP contribution in [0, 0.1) is 6.92 Å². The van der Waals surface area contributed by atoms with Gasteiger partial charge in [-0.15, -0.1) is 10.2 Å². The number of carbonyl (C=O) groups is 1. The molecule has 1 atom stereocenters. The lowest BCUT2D eigenvalue weighted by atomic mass is 10.1. The molecule has 1 amide bonds. The van der Waals surface area contributed by atoms with Gasteiger partial charge in [0, 0.05) is 19.6 Å². The first kappa shape index (κ1) is 22.5. The van der Waals surface area contributed by atoms with E-state index in [1.807, 2.05) is 43.3 Å². The minimum Gasteiger partial charge on any atom is -0.379 e. The fraction of sp³-hybridized carbons (Fsp3) is 0.375. The van der Waals surface area contributed by atoms with Gasteiger partial charge in [0.15, 0.2) is 5.16 Å². The number of aromatic nitrogens is 3. The number of morpholine rings is 1. The van der Waals surface area contributed by atoms with Gasteiger partial charge in [-0.25, -0.2) is 0 Å². The van der Waals surface area contributed by atoms with E-state index in [0.29, 0.717) is 12.3 Å². The number of carbonyl (C=O) groups excluding carboxylic acids is 1. The lowest BCUT2D eigenvalue weighted by Gasteiger charge is -2.31. The fourth-order valence-electron chi connectivity index (χ4n) is 3.74. The molecule has 0 radical (unpaired) electrons. The first-order valence-electron chi connectivity index (χ1n) is 10.9. The third-order valence-electron chi connectivity index (χ3n) is 5.50. The number of rotatable bonds is 9. The first-order chi connectivity index (χ1) is 15.7. The van der Waals surface area contributed by atoms with Gasteiger partial charge in [-0.05, 0) is 18.1 Å². The van der Waals surface area contributed by atoms with Gasteiger partial charge in [-0.3, -0.25) is 9.69 Å². The van der Waals surface area contributed by atoms with Crippen LogP contribution < -0.4 is 5.32 Å². The maximum atomic E-state index is 12.9. The summed E-state index contributed by atoms with van der Waals surface area (Å²) in [6, 6.07) is 20.3. The summed E-state index contributed by atoms with van der Waals surface area (Å²) in [5.41, 5.74) is 2.29. The molecule has 1 fully saturated rings. The second kappa shape index (κ2) is 11.3. The van der Waals surface area contributed by atoms with Crippen LogP contribution in [0.2, 0.25) is 0 Å². The van der Waals surface area contributed by atoms with Crippen molar-refractivity contribution in [3.8, 4) is 0 Å².